The number of anilines is 1. The molecule has 0 saturated carbocycles. The van der Waals surface area contributed by atoms with Crippen molar-refractivity contribution in [2.45, 2.75) is 19.6 Å². The summed E-state index contributed by atoms with van der Waals surface area (Å²) >= 11 is 0. The van der Waals surface area contributed by atoms with Gasteiger partial charge in [0, 0.05) is 23.3 Å². The number of hydrogen-bond donors (Lipinski definition) is 2. The summed E-state index contributed by atoms with van der Waals surface area (Å²) in [4.78, 5) is 30.4. The van der Waals surface area contributed by atoms with Crippen LogP contribution in [0.4, 0.5) is 14.7 Å². The van der Waals surface area contributed by atoms with Gasteiger partial charge in [-0.2, -0.15) is 0 Å². The molecule has 2 aliphatic rings. The van der Waals surface area contributed by atoms with Gasteiger partial charge in [0.25, 0.3) is 5.91 Å². The van der Waals surface area contributed by atoms with Crippen LogP contribution in [0.15, 0.2) is 35.4 Å². The van der Waals surface area contributed by atoms with Gasteiger partial charge < -0.3 is 14.5 Å². The molecular formula is C16H11F2N3O4. The number of fused-ring (bicyclic) bond motifs is 2. The van der Waals surface area contributed by atoms with E-state index in [1.165, 1.54) is 25.1 Å². The second kappa shape index (κ2) is 5.13. The molecule has 128 valence electrons. The van der Waals surface area contributed by atoms with Gasteiger partial charge >= 0.3 is 6.29 Å². The summed E-state index contributed by atoms with van der Waals surface area (Å²) in [5.74, 6) is -0.618. The first kappa shape index (κ1) is 15.3. The first-order valence-corrected chi connectivity index (χ1v) is 7.33. The third kappa shape index (κ3) is 2.73. The van der Waals surface area contributed by atoms with Crippen molar-refractivity contribution >= 4 is 28.7 Å². The highest BCUT2D eigenvalue weighted by Gasteiger charge is 2.43. The molecule has 0 saturated heterocycles. The maximum Gasteiger partial charge on any atom is 0.586 e. The Balaban J connectivity index is 1.55. The highest BCUT2D eigenvalue weighted by molar-refractivity contribution is 6.07. The molecule has 9 heteroatoms. The average Bonchev–Trinajstić information content (AvgIpc) is 3.18. The summed E-state index contributed by atoms with van der Waals surface area (Å²) in [5, 5.41) is 2.58. The number of aromatic amines is 1. The number of halogens is 2. The molecule has 0 fully saturated rings. The number of benzene rings is 1. The van der Waals surface area contributed by atoms with Crippen molar-refractivity contribution in [2.24, 2.45) is 0 Å². The molecule has 0 bridgehead atoms. The molecule has 0 atom stereocenters. The third-order valence-electron chi connectivity index (χ3n) is 3.81. The van der Waals surface area contributed by atoms with E-state index in [-0.39, 0.29) is 23.2 Å². The van der Waals surface area contributed by atoms with Gasteiger partial charge in [0.2, 0.25) is 5.95 Å². The minimum atomic E-state index is -3.70. The van der Waals surface area contributed by atoms with Crippen LogP contribution in [-0.2, 0) is 9.59 Å². The maximum atomic E-state index is 13.0. The lowest BCUT2D eigenvalue weighted by atomic mass is 10.2. The summed E-state index contributed by atoms with van der Waals surface area (Å²) in [5.41, 5.74) is 1.65. The van der Waals surface area contributed by atoms with Crippen molar-refractivity contribution in [2.75, 3.05) is 5.32 Å². The van der Waals surface area contributed by atoms with Crippen LogP contribution in [0.1, 0.15) is 13.3 Å². The lowest BCUT2D eigenvalue weighted by Gasteiger charge is -2.04. The second-order valence-electron chi connectivity index (χ2n) is 5.61. The highest BCUT2D eigenvalue weighted by atomic mass is 19.3. The minimum Gasteiger partial charge on any atom is -0.395 e. The molecule has 0 spiro atoms. The van der Waals surface area contributed by atoms with E-state index in [0.29, 0.717) is 28.6 Å². The molecule has 7 nitrogen and oxygen atoms in total. The molecule has 1 aliphatic heterocycles. The van der Waals surface area contributed by atoms with Crippen molar-refractivity contribution in [1.82, 2.24) is 9.97 Å². The number of rotatable bonds is 3. The molecule has 2 N–H and O–H groups in total. The molecule has 2 heterocycles. The zero-order valence-electron chi connectivity index (χ0n) is 12.9. The van der Waals surface area contributed by atoms with Crippen LogP contribution >= 0.6 is 0 Å². The van der Waals surface area contributed by atoms with Gasteiger partial charge in [0.1, 0.15) is 0 Å². The Morgan fingerprint density at radius 3 is 2.68 bits per heavy atom. The molecule has 1 aromatic carbocycles. The number of carbonyl (C=O) groups is 2. The Morgan fingerprint density at radius 2 is 2.00 bits per heavy atom. The van der Waals surface area contributed by atoms with E-state index in [9.17, 15) is 18.4 Å². The summed E-state index contributed by atoms with van der Waals surface area (Å²) < 4.78 is 34.8. The first-order valence-electron chi connectivity index (χ1n) is 7.33. The lowest BCUT2D eigenvalue weighted by Crippen LogP contribution is -2.25. The van der Waals surface area contributed by atoms with E-state index in [4.69, 9.17) is 0 Å². The number of hydrogen-bond acceptors (Lipinski definition) is 5. The number of H-pyrrole nitrogens is 1. The molecule has 0 unspecified atom stereocenters. The number of imidazole rings is 1. The maximum absolute atomic E-state index is 13.0. The third-order valence-corrected chi connectivity index (χ3v) is 3.81. The Labute approximate surface area is 139 Å². The van der Waals surface area contributed by atoms with Crippen molar-refractivity contribution < 1.29 is 27.8 Å². The van der Waals surface area contributed by atoms with Crippen LogP contribution in [0.5, 0.6) is 11.5 Å². The number of Topliss-reactive ketones (excluding diaryl/α,β-unsaturated/α-hetero) is 1. The zero-order valence-corrected chi connectivity index (χ0v) is 12.9. The van der Waals surface area contributed by atoms with Gasteiger partial charge in [0.15, 0.2) is 17.3 Å². The van der Waals surface area contributed by atoms with Gasteiger partial charge in [-0.25, -0.2) is 4.98 Å². The van der Waals surface area contributed by atoms with Crippen molar-refractivity contribution in [3.63, 3.8) is 0 Å². The predicted molar refractivity (Wildman–Crippen MR) is 82.4 cm³/mol. The summed E-state index contributed by atoms with van der Waals surface area (Å²) in [6, 6.07) is 2.61. The Morgan fingerprint density at radius 1 is 1.28 bits per heavy atom. The quantitative estimate of drug-likeness (QED) is 0.890. The number of aromatic nitrogens is 2. The normalized spacial score (nSPS) is 17.4. The minimum absolute atomic E-state index is 0.113. The van der Waals surface area contributed by atoms with Crippen molar-refractivity contribution in [3.05, 3.63) is 35.4 Å². The average molecular weight is 347 g/mol. The van der Waals surface area contributed by atoms with E-state index in [0.717, 1.165) is 0 Å². The van der Waals surface area contributed by atoms with E-state index < -0.39 is 12.2 Å². The molecule has 1 aromatic heterocycles. The number of allylic oxidation sites excluding steroid dienone is 3. The number of ketones is 1. The van der Waals surface area contributed by atoms with E-state index >= 15 is 0 Å². The molecule has 1 amide bonds. The molecular weight excluding hydrogens is 336 g/mol. The van der Waals surface area contributed by atoms with Crippen LogP contribution in [0.3, 0.4) is 0 Å². The number of amides is 1. The largest absolute Gasteiger partial charge is 0.586 e. The van der Waals surface area contributed by atoms with Crippen molar-refractivity contribution in [1.29, 1.82) is 0 Å². The molecule has 2 aromatic rings. The summed E-state index contributed by atoms with van der Waals surface area (Å²) in [6.07, 6.45) is -0.144. The zero-order chi connectivity index (χ0) is 17.8. The Kier molecular flexibility index (Phi) is 3.14. The number of nitrogens with zero attached hydrogens (tertiary/aromatic N) is 1. The van der Waals surface area contributed by atoms with Gasteiger partial charge in [-0.3, -0.25) is 14.9 Å². The van der Waals surface area contributed by atoms with E-state index in [2.05, 4.69) is 24.8 Å². The van der Waals surface area contributed by atoms with Gasteiger partial charge in [-0.15, -0.1) is 8.78 Å². The van der Waals surface area contributed by atoms with Crippen molar-refractivity contribution in [3.8, 4) is 11.5 Å². The Bertz CT molecular complexity index is 946. The summed E-state index contributed by atoms with van der Waals surface area (Å²) in [6.45, 7) is 1.43. The predicted octanol–water partition coefficient (Wildman–Crippen LogP) is 2.67. The second-order valence-corrected chi connectivity index (χ2v) is 5.61. The molecule has 4 rings (SSSR count). The molecule has 1 aliphatic carbocycles. The van der Waals surface area contributed by atoms with Crippen LogP contribution < -0.4 is 14.8 Å². The van der Waals surface area contributed by atoms with Crippen LogP contribution in [0.25, 0.3) is 11.0 Å². The highest BCUT2D eigenvalue weighted by Crippen LogP contribution is 2.42. The fourth-order valence-corrected chi connectivity index (χ4v) is 2.63. The number of ether oxygens (including phenoxy) is 2. The van der Waals surface area contributed by atoms with E-state index in [1.807, 2.05) is 0 Å². The standard InChI is InChI=1S/C16H11F2N3O4/c1-7(22)8-2-3-9(4-8)14(23)21-15-19-10-5-12-13(6-11(10)20-15)25-16(17,18)24-12/h2,4-6H,3H2,1H3,(H2,19,20,21,23). The fraction of sp³-hybridized carbons (Fsp3) is 0.188. The SMILES string of the molecule is CC(=O)C1=CCC(C(=O)Nc2nc3cc4c(cc3[nH]2)OC(F)(F)O4)=C1. The molecule has 25 heavy (non-hydrogen) atoms. The lowest BCUT2D eigenvalue weighted by molar-refractivity contribution is -0.286. The van der Waals surface area contributed by atoms with Gasteiger partial charge in [0.05, 0.1) is 11.0 Å². The van der Waals surface area contributed by atoms with Gasteiger partial charge in [-0.05, 0) is 19.4 Å². The smallest absolute Gasteiger partial charge is 0.395 e. The van der Waals surface area contributed by atoms with E-state index in [1.54, 1.807) is 6.08 Å². The monoisotopic (exact) mass is 347 g/mol. The topological polar surface area (TPSA) is 93.3 Å². The van der Waals surface area contributed by atoms with Gasteiger partial charge in [-0.1, -0.05) is 6.08 Å². The number of alkyl halides is 2. The Hall–Kier alpha value is -3.23. The summed E-state index contributed by atoms with van der Waals surface area (Å²) in [7, 11) is 0. The van der Waals surface area contributed by atoms with Crippen LogP contribution in [0, 0.1) is 0 Å². The fourth-order valence-electron chi connectivity index (χ4n) is 2.63. The number of carbonyl (C=O) groups excluding carboxylic acids is 2. The number of nitrogens with one attached hydrogen (secondary N) is 2. The first-order chi connectivity index (χ1) is 11.8. The van der Waals surface area contributed by atoms with Crippen LogP contribution in [-0.4, -0.2) is 28.0 Å². The van der Waals surface area contributed by atoms with Crippen LogP contribution in [0.2, 0.25) is 0 Å². The molecule has 0 radical (unpaired) electrons.